The molecule has 0 saturated heterocycles. The molecule has 0 radical (unpaired) electrons. The minimum Gasteiger partial charge on any atom is -0.394 e. The molecule has 0 aliphatic heterocycles. The number of carbonyl (C=O) groups excluding carboxylic acids is 1. The van der Waals surface area contributed by atoms with Gasteiger partial charge in [-0.1, -0.05) is 199 Å². The Morgan fingerprint density at radius 2 is 0.915 bits per heavy atom. The molecule has 4 N–H and O–H groups in total. The van der Waals surface area contributed by atoms with Crippen molar-refractivity contribution < 1.29 is 20.1 Å². The van der Waals surface area contributed by atoms with Crippen molar-refractivity contribution in [3.05, 3.63) is 24.3 Å². The number of carbonyl (C=O) groups is 1. The quantitative estimate of drug-likeness (QED) is 0.0393. The van der Waals surface area contributed by atoms with Crippen LogP contribution in [0.1, 0.15) is 213 Å². The molecule has 5 nitrogen and oxygen atoms in total. The zero-order valence-electron chi connectivity index (χ0n) is 31.4. The fraction of sp³-hybridized carbons (Fsp3) is 0.881. The van der Waals surface area contributed by atoms with Gasteiger partial charge in [0.05, 0.1) is 31.3 Å². The highest BCUT2D eigenvalue weighted by Crippen LogP contribution is 2.15. The van der Waals surface area contributed by atoms with E-state index in [1.54, 1.807) is 6.08 Å². The third kappa shape index (κ3) is 34.5. The summed E-state index contributed by atoms with van der Waals surface area (Å²) in [5.74, 6) is -0.325. The van der Waals surface area contributed by atoms with Gasteiger partial charge in [0, 0.05) is 0 Å². The summed E-state index contributed by atoms with van der Waals surface area (Å²) in [7, 11) is 0. The number of hydrogen-bond acceptors (Lipinski definition) is 4. The summed E-state index contributed by atoms with van der Waals surface area (Å²) in [5.41, 5.74) is 0. The maximum absolute atomic E-state index is 12.4. The maximum atomic E-state index is 12.4. The Labute approximate surface area is 292 Å². The molecule has 0 bridgehead atoms. The Bertz CT molecular complexity index is 694. The van der Waals surface area contributed by atoms with Gasteiger partial charge in [-0.2, -0.15) is 0 Å². The molecule has 47 heavy (non-hydrogen) atoms. The van der Waals surface area contributed by atoms with Crippen molar-refractivity contribution in [2.45, 2.75) is 231 Å². The van der Waals surface area contributed by atoms with Gasteiger partial charge in [-0.3, -0.25) is 4.79 Å². The van der Waals surface area contributed by atoms with E-state index in [-0.39, 0.29) is 18.9 Å². The van der Waals surface area contributed by atoms with E-state index in [2.05, 4.69) is 31.3 Å². The van der Waals surface area contributed by atoms with E-state index >= 15 is 0 Å². The molecule has 0 aromatic carbocycles. The molecule has 0 rings (SSSR count). The van der Waals surface area contributed by atoms with Crippen LogP contribution in [0.3, 0.4) is 0 Å². The predicted molar refractivity (Wildman–Crippen MR) is 204 cm³/mol. The monoisotopic (exact) mass is 664 g/mol. The van der Waals surface area contributed by atoms with Gasteiger partial charge < -0.3 is 20.6 Å². The summed E-state index contributed by atoms with van der Waals surface area (Å²) in [5, 5.41) is 33.1. The summed E-state index contributed by atoms with van der Waals surface area (Å²) in [6.45, 7) is 4.19. The van der Waals surface area contributed by atoms with Crippen molar-refractivity contribution in [3.63, 3.8) is 0 Å². The Morgan fingerprint density at radius 3 is 1.36 bits per heavy atom. The lowest BCUT2D eigenvalue weighted by Crippen LogP contribution is -2.45. The van der Waals surface area contributed by atoms with Crippen LogP contribution in [0, 0.1) is 0 Å². The van der Waals surface area contributed by atoms with E-state index in [1.165, 1.54) is 154 Å². The third-order valence-electron chi connectivity index (χ3n) is 9.49. The van der Waals surface area contributed by atoms with Crippen molar-refractivity contribution in [2.24, 2.45) is 0 Å². The molecule has 0 fully saturated rings. The first kappa shape index (κ1) is 45.8. The van der Waals surface area contributed by atoms with Crippen LogP contribution in [0.5, 0.6) is 0 Å². The standard InChI is InChI=1S/C42H81NO4/c1-3-5-7-9-11-13-15-17-18-19-20-21-22-23-24-26-28-30-32-34-36-41(46)40(38-44)43-42(47)37-39(45)35-33-31-29-27-25-16-14-12-10-8-6-4-2/h26,28,34,36,39-41,44-46H,3-25,27,29-33,35,37-38H2,1-2H3,(H,43,47)/b28-26+,36-34+. The Kier molecular flexibility index (Phi) is 36.7. The minimum atomic E-state index is -0.947. The average molecular weight is 664 g/mol. The Hall–Kier alpha value is -1.17. The number of rotatable bonds is 37. The zero-order valence-corrected chi connectivity index (χ0v) is 31.4. The van der Waals surface area contributed by atoms with Crippen LogP contribution in [0.4, 0.5) is 0 Å². The van der Waals surface area contributed by atoms with Gasteiger partial charge in [-0.15, -0.1) is 0 Å². The highest BCUT2D eigenvalue weighted by Gasteiger charge is 2.20. The number of allylic oxidation sites excluding steroid dienone is 3. The van der Waals surface area contributed by atoms with Gasteiger partial charge in [-0.05, 0) is 32.1 Å². The summed E-state index contributed by atoms with van der Waals surface area (Å²) < 4.78 is 0. The molecule has 0 aliphatic rings. The van der Waals surface area contributed by atoms with Crippen LogP contribution in [0.25, 0.3) is 0 Å². The fourth-order valence-corrected chi connectivity index (χ4v) is 6.30. The lowest BCUT2D eigenvalue weighted by molar-refractivity contribution is -0.124. The number of aliphatic hydroxyl groups excluding tert-OH is 3. The van der Waals surface area contributed by atoms with Crippen molar-refractivity contribution in [3.8, 4) is 0 Å². The summed E-state index contributed by atoms with van der Waals surface area (Å²) in [6, 6.07) is -0.756. The number of hydrogen-bond donors (Lipinski definition) is 4. The van der Waals surface area contributed by atoms with E-state index in [9.17, 15) is 20.1 Å². The molecule has 0 saturated carbocycles. The van der Waals surface area contributed by atoms with Gasteiger partial charge in [0.15, 0.2) is 0 Å². The second-order valence-corrected chi connectivity index (χ2v) is 14.2. The molecule has 3 unspecified atom stereocenters. The van der Waals surface area contributed by atoms with Crippen LogP contribution < -0.4 is 5.32 Å². The first-order chi connectivity index (χ1) is 23.0. The van der Waals surface area contributed by atoms with Crippen molar-refractivity contribution in [2.75, 3.05) is 6.61 Å². The van der Waals surface area contributed by atoms with Crippen molar-refractivity contribution >= 4 is 5.91 Å². The summed E-state index contributed by atoms with van der Waals surface area (Å²) >= 11 is 0. The lowest BCUT2D eigenvalue weighted by atomic mass is 10.0. The second-order valence-electron chi connectivity index (χ2n) is 14.2. The molecule has 0 aliphatic carbocycles. The smallest absolute Gasteiger partial charge is 0.222 e. The highest BCUT2D eigenvalue weighted by atomic mass is 16.3. The molecular formula is C42H81NO4. The second kappa shape index (κ2) is 37.6. The fourth-order valence-electron chi connectivity index (χ4n) is 6.30. The Morgan fingerprint density at radius 1 is 0.532 bits per heavy atom. The van der Waals surface area contributed by atoms with Crippen molar-refractivity contribution in [1.29, 1.82) is 0 Å². The number of aliphatic hydroxyl groups is 3. The molecule has 0 aromatic rings. The first-order valence-electron chi connectivity index (χ1n) is 20.6. The predicted octanol–water partition coefficient (Wildman–Crippen LogP) is 11.4. The lowest BCUT2D eigenvalue weighted by Gasteiger charge is -2.21. The normalized spacial score (nSPS) is 13.9. The van der Waals surface area contributed by atoms with E-state index < -0.39 is 18.2 Å². The molecule has 3 atom stereocenters. The van der Waals surface area contributed by atoms with E-state index in [1.807, 2.05) is 6.08 Å². The van der Waals surface area contributed by atoms with Gasteiger partial charge in [0.25, 0.3) is 0 Å². The summed E-state index contributed by atoms with van der Waals surface area (Å²) in [4.78, 5) is 12.4. The van der Waals surface area contributed by atoms with Gasteiger partial charge in [0.2, 0.25) is 5.91 Å². The third-order valence-corrected chi connectivity index (χ3v) is 9.49. The average Bonchev–Trinajstić information content (AvgIpc) is 3.06. The van der Waals surface area contributed by atoms with Gasteiger partial charge in [0.1, 0.15) is 0 Å². The van der Waals surface area contributed by atoms with E-state index in [0.717, 1.165) is 32.1 Å². The Balaban J connectivity index is 3.72. The van der Waals surface area contributed by atoms with Gasteiger partial charge in [-0.25, -0.2) is 0 Å². The van der Waals surface area contributed by atoms with E-state index in [4.69, 9.17) is 0 Å². The zero-order chi connectivity index (χ0) is 34.5. The van der Waals surface area contributed by atoms with Crippen molar-refractivity contribution in [1.82, 2.24) is 5.32 Å². The number of unbranched alkanes of at least 4 members (excludes halogenated alkanes) is 26. The summed E-state index contributed by atoms with van der Waals surface area (Å²) in [6.07, 6.45) is 44.6. The molecule has 1 amide bonds. The maximum Gasteiger partial charge on any atom is 0.222 e. The van der Waals surface area contributed by atoms with Crippen LogP contribution in [-0.4, -0.2) is 46.1 Å². The SMILES string of the molecule is CCCCCCCCCCCCCCCC/C=C/CC/C=C/C(O)C(CO)NC(=O)CC(O)CCCCCCCCCCCCCC. The van der Waals surface area contributed by atoms with Crippen LogP contribution >= 0.6 is 0 Å². The minimum absolute atomic E-state index is 0.00900. The molecule has 0 heterocycles. The van der Waals surface area contributed by atoms with Crippen LogP contribution in [0.2, 0.25) is 0 Å². The van der Waals surface area contributed by atoms with Crippen LogP contribution in [0.15, 0.2) is 24.3 Å². The molecule has 0 spiro atoms. The highest BCUT2D eigenvalue weighted by molar-refractivity contribution is 5.76. The van der Waals surface area contributed by atoms with Gasteiger partial charge >= 0.3 is 0 Å². The topological polar surface area (TPSA) is 89.8 Å². The van der Waals surface area contributed by atoms with E-state index in [0.29, 0.717) is 6.42 Å². The molecule has 278 valence electrons. The first-order valence-corrected chi connectivity index (χ1v) is 20.6. The number of amides is 1. The van der Waals surface area contributed by atoms with Crippen LogP contribution in [-0.2, 0) is 4.79 Å². The molecular weight excluding hydrogens is 582 g/mol. The molecule has 5 heteroatoms. The number of nitrogens with one attached hydrogen (secondary N) is 1. The largest absolute Gasteiger partial charge is 0.394 e. The molecule has 0 aromatic heterocycles.